The maximum atomic E-state index is 13.6. The van der Waals surface area contributed by atoms with Crippen molar-refractivity contribution in [2.45, 2.75) is 20.0 Å². The lowest BCUT2D eigenvalue weighted by atomic mass is 10.1. The third-order valence-corrected chi connectivity index (χ3v) is 2.95. The van der Waals surface area contributed by atoms with Gasteiger partial charge in [0.15, 0.2) is 0 Å². The van der Waals surface area contributed by atoms with Gasteiger partial charge in [-0.2, -0.15) is 5.10 Å². The van der Waals surface area contributed by atoms with E-state index in [1.165, 1.54) is 18.0 Å². The van der Waals surface area contributed by atoms with Crippen molar-refractivity contribution < 1.29 is 13.6 Å². The fourth-order valence-corrected chi connectivity index (χ4v) is 1.90. The molecule has 2 aromatic rings. The van der Waals surface area contributed by atoms with Crippen LogP contribution >= 0.6 is 0 Å². The first kappa shape index (κ1) is 14.2. The van der Waals surface area contributed by atoms with Crippen LogP contribution in [0.15, 0.2) is 30.6 Å². The molecule has 1 amide bonds. The molecule has 0 aliphatic rings. The molecule has 1 aromatic carbocycles. The van der Waals surface area contributed by atoms with E-state index in [4.69, 9.17) is 0 Å². The summed E-state index contributed by atoms with van der Waals surface area (Å²) in [5.41, 5.74) is 0.275. The third kappa shape index (κ3) is 2.84. The molecule has 0 spiro atoms. The summed E-state index contributed by atoms with van der Waals surface area (Å²) in [6.07, 6.45) is 3.42. The van der Waals surface area contributed by atoms with Crippen LogP contribution in [0.2, 0.25) is 0 Å². The first-order valence-corrected chi connectivity index (χ1v) is 6.23. The van der Waals surface area contributed by atoms with E-state index in [0.717, 1.165) is 24.2 Å². The number of aromatic nitrogens is 2. The minimum absolute atomic E-state index is 0.243. The Morgan fingerprint density at radius 2 is 2.00 bits per heavy atom. The zero-order chi connectivity index (χ0) is 14.7. The van der Waals surface area contributed by atoms with Gasteiger partial charge < -0.3 is 4.90 Å². The molecule has 0 N–H and O–H groups in total. The largest absolute Gasteiger partial charge is 0.337 e. The van der Waals surface area contributed by atoms with Crippen molar-refractivity contribution in [1.82, 2.24) is 14.7 Å². The van der Waals surface area contributed by atoms with Crippen LogP contribution in [0.5, 0.6) is 0 Å². The maximum Gasteiger partial charge on any atom is 0.259 e. The summed E-state index contributed by atoms with van der Waals surface area (Å²) in [7, 11) is 1.50. The molecule has 2 rings (SSSR count). The molecule has 106 valence electrons. The minimum Gasteiger partial charge on any atom is -0.337 e. The quantitative estimate of drug-likeness (QED) is 0.862. The standard InChI is InChI=1S/C14H15F2N3O/c1-3-19-9-10(7-17-19)8-18(2)14(20)13-11(15)5-4-6-12(13)16/h4-7,9H,3,8H2,1-2H3. The van der Waals surface area contributed by atoms with Crippen molar-refractivity contribution in [2.75, 3.05) is 7.05 Å². The van der Waals surface area contributed by atoms with Crippen molar-refractivity contribution in [3.63, 3.8) is 0 Å². The highest BCUT2D eigenvalue weighted by Crippen LogP contribution is 2.15. The molecule has 1 heterocycles. The van der Waals surface area contributed by atoms with Crippen LogP contribution in [0.4, 0.5) is 8.78 Å². The van der Waals surface area contributed by atoms with Crippen molar-refractivity contribution in [3.8, 4) is 0 Å². The monoisotopic (exact) mass is 279 g/mol. The van der Waals surface area contributed by atoms with Crippen LogP contribution in [-0.2, 0) is 13.1 Å². The van der Waals surface area contributed by atoms with Gasteiger partial charge >= 0.3 is 0 Å². The number of aryl methyl sites for hydroxylation is 1. The SMILES string of the molecule is CCn1cc(CN(C)C(=O)c2c(F)cccc2F)cn1. The molecule has 6 heteroatoms. The molecule has 0 radical (unpaired) electrons. The Hall–Kier alpha value is -2.24. The highest BCUT2D eigenvalue weighted by Gasteiger charge is 2.20. The van der Waals surface area contributed by atoms with E-state index < -0.39 is 23.1 Å². The van der Waals surface area contributed by atoms with Crippen LogP contribution < -0.4 is 0 Å². The Morgan fingerprint density at radius 1 is 1.35 bits per heavy atom. The lowest BCUT2D eigenvalue weighted by molar-refractivity contribution is 0.0775. The summed E-state index contributed by atoms with van der Waals surface area (Å²) < 4.78 is 28.8. The van der Waals surface area contributed by atoms with Crippen LogP contribution in [0, 0.1) is 11.6 Å². The minimum atomic E-state index is -0.855. The van der Waals surface area contributed by atoms with Gasteiger partial charge in [-0.05, 0) is 19.1 Å². The summed E-state index contributed by atoms with van der Waals surface area (Å²) in [4.78, 5) is 13.3. The number of carbonyl (C=O) groups excluding carboxylic acids is 1. The summed E-state index contributed by atoms with van der Waals surface area (Å²) in [6, 6.07) is 3.37. The van der Waals surface area contributed by atoms with Gasteiger partial charge in [-0.15, -0.1) is 0 Å². The second-order valence-electron chi connectivity index (χ2n) is 4.46. The van der Waals surface area contributed by atoms with Gasteiger partial charge in [-0.3, -0.25) is 9.48 Å². The van der Waals surface area contributed by atoms with E-state index in [1.54, 1.807) is 17.1 Å². The third-order valence-electron chi connectivity index (χ3n) is 2.95. The predicted molar refractivity (Wildman–Crippen MR) is 70.1 cm³/mol. The first-order chi connectivity index (χ1) is 9.52. The van der Waals surface area contributed by atoms with Crippen molar-refractivity contribution in [1.29, 1.82) is 0 Å². The number of hydrogen-bond acceptors (Lipinski definition) is 2. The molecule has 0 aliphatic carbocycles. The van der Waals surface area contributed by atoms with E-state index in [2.05, 4.69) is 5.10 Å². The second kappa shape index (κ2) is 5.81. The van der Waals surface area contributed by atoms with Crippen LogP contribution in [0.3, 0.4) is 0 Å². The van der Waals surface area contributed by atoms with Gasteiger partial charge in [-0.1, -0.05) is 6.07 Å². The van der Waals surface area contributed by atoms with Gasteiger partial charge in [0, 0.05) is 31.9 Å². The fourth-order valence-electron chi connectivity index (χ4n) is 1.90. The molecule has 20 heavy (non-hydrogen) atoms. The molecular formula is C14H15F2N3O. The van der Waals surface area contributed by atoms with E-state index in [0.29, 0.717) is 0 Å². The molecule has 0 atom stereocenters. The van der Waals surface area contributed by atoms with Crippen molar-refractivity contribution >= 4 is 5.91 Å². The highest BCUT2D eigenvalue weighted by molar-refractivity contribution is 5.94. The molecule has 0 fully saturated rings. The molecule has 0 saturated carbocycles. The van der Waals surface area contributed by atoms with E-state index in [-0.39, 0.29) is 6.54 Å². The van der Waals surface area contributed by atoms with Gasteiger partial charge in [0.2, 0.25) is 0 Å². The molecular weight excluding hydrogens is 264 g/mol. The van der Waals surface area contributed by atoms with E-state index in [9.17, 15) is 13.6 Å². The second-order valence-corrected chi connectivity index (χ2v) is 4.46. The number of benzene rings is 1. The number of hydrogen-bond donors (Lipinski definition) is 0. The average Bonchev–Trinajstić information content (AvgIpc) is 2.86. The normalized spacial score (nSPS) is 10.6. The summed E-state index contributed by atoms with van der Waals surface area (Å²) >= 11 is 0. The zero-order valence-corrected chi connectivity index (χ0v) is 11.3. The number of rotatable bonds is 4. The average molecular weight is 279 g/mol. The maximum absolute atomic E-state index is 13.6. The van der Waals surface area contributed by atoms with Gasteiger partial charge in [-0.25, -0.2) is 8.78 Å². The summed E-state index contributed by atoms with van der Waals surface area (Å²) in [6.45, 7) is 2.91. The summed E-state index contributed by atoms with van der Waals surface area (Å²) in [5.74, 6) is -2.40. The molecule has 0 bridgehead atoms. The molecule has 0 unspecified atom stereocenters. The van der Waals surface area contributed by atoms with Crippen molar-refractivity contribution in [2.24, 2.45) is 0 Å². The Morgan fingerprint density at radius 3 is 2.55 bits per heavy atom. The molecule has 0 saturated heterocycles. The number of nitrogens with zero attached hydrogens (tertiary/aromatic N) is 3. The Labute approximate surface area is 115 Å². The predicted octanol–water partition coefficient (Wildman–Crippen LogP) is 2.45. The number of amides is 1. The van der Waals surface area contributed by atoms with Gasteiger partial charge in [0.1, 0.15) is 17.2 Å². The topological polar surface area (TPSA) is 38.1 Å². The van der Waals surface area contributed by atoms with Gasteiger partial charge in [0.25, 0.3) is 5.91 Å². The molecule has 1 aromatic heterocycles. The highest BCUT2D eigenvalue weighted by atomic mass is 19.1. The number of carbonyl (C=O) groups is 1. The fraction of sp³-hybridized carbons (Fsp3) is 0.286. The number of halogens is 2. The summed E-state index contributed by atoms with van der Waals surface area (Å²) in [5, 5.41) is 4.09. The Bertz CT molecular complexity index is 604. The van der Waals surface area contributed by atoms with Crippen LogP contribution in [0.1, 0.15) is 22.8 Å². The van der Waals surface area contributed by atoms with E-state index in [1.807, 2.05) is 6.92 Å². The first-order valence-electron chi connectivity index (χ1n) is 6.23. The van der Waals surface area contributed by atoms with Crippen molar-refractivity contribution in [3.05, 3.63) is 53.4 Å². The Kier molecular flexibility index (Phi) is 4.12. The van der Waals surface area contributed by atoms with Crippen LogP contribution in [0.25, 0.3) is 0 Å². The lowest BCUT2D eigenvalue weighted by Crippen LogP contribution is -2.27. The molecule has 4 nitrogen and oxygen atoms in total. The van der Waals surface area contributed by atoms with E-state index >= 15 is 0 Å². The van der Waals surface area contributed by atoms with Crippen LogP contribution in [-0.4, -0.2) is 27.6 Å². The smallest absolute Gasteiger partial charge is 0.259 e. The molecule has 0 aliphatic heterocycles. The van der Waals surface area contributed by atoms with Gasteiger partial charge in [0.05, 0.1) is 6.20 Å². The zero-order valence-electron chi connectivity index (χ0n) is 11.3. The Balaban J connectivity index is 2.16. The lowest BCUT2D eigenvalue weighted by Gasteiger charge is -2.17.